The molecular weight excluding hydrogens is 428 g/mol. The van der Waals surface area contributed by atoms with E-state index in [1.54, 1.807) is 6.92 Å². The number of hydrogen-bond donors (Lipinski definition) is 1. The Labute approximate surface area is 202 Å². The molecule has 8 atom stereocenters. The lowest BCUT2D eigenvalue weighted by atomic mass is 9.76. The summed E-state index contributed by atoms with van der Waals surface area (Å²) in [4.78, 5) is 26.3. The van der Waals surface area contributed by atoms with Gasteiger partial charge in [-0.05, 0) is 57.4 Å². The molecule has 4 bridgehead atoms. The Morgan fingerprint density at radius 3 is 2.38 bits per heavy atom. The van der Waals surface area contributed by atoms with Gasteiger partial charge in [-0.1, -0.05) is 46.3 Å². The number of rotatable bonds is 0. The number of ether oxygens (including phenoxy) is 1. The number of hydrogen-bond acceptors (Lipinski definition) is 5. The van der Waals surface area contributed by atoms with Crippen LogP contribution in [0.3, 0.4) is 0 Å². The fourth-order valence-corrected chi connectivity index (χ4v) is 6.32. The minimum atomic E-state index is -0.639. The van der Waals surface area contributed by atoms with Gasteiger partial charge in [0.1, 0.15) is 11.2 Å². The van der Waals surface area contributed by atoms with Crippen molar-refractivity contribution in [1.82, 2.24) is 0 Å². The molecule has 4 rings (SSSR count). The lowest BCUT2D eigenvalue weighted by Gasteiger charge is -2.43. The van der Waals surface area contributed by atoms with Crippen molar-refractivity contribution in [2.45, 2.75) is 98.4 Å². The number of aliphatic hydroxyl groups excluding tert-OH is 1. The third kappa shape index (κ3) is 4.49. The van der Waals surface area contributed by atoms with Crippen LogP contribution in [0.25, 0.3) is 11.1 Å². The van der Waals surface area contributed by atoms with Crippen molar-refractivity contribution in [2.24, 2.45) is 23.7 Å². The summed E-state index contributed by atoms with van der Waals surface area (Å²) in [7, 11) is 0. The molecule has 5 heteroatoms. The fourth-order valence-electron chi connectivity index (χ4n) is 6.32. The number of carbonyl (C=O) groups excluding carboxylic acids is 2. The molecule has 1 aromatic rings. The van der Waals surface area contributed by atoms with Gasteiger partial charge in [0, 0.05) is 34.1 Å². The predicted octanol–water partition coefficient (Wildman–Crippen LogP) is 4.05. The smallest absolute Gasteiger partial charge is 0.232 e. The summed E-state index contributed by atoms with van der Waals surface area (Å²) in [6.45, 7) is 14.5. The first-order valence-electron chi connectivity index (χ1n) is 12.9. The Morgan fingerprint density at radius 1 is 0.971 bits per heavy atom. The Balaban J connectivity index is 1.90. The van der Waals surface area contributed by atoms with Crippen LogP contribution in [0, 0.1) is 23.7 Å². The highest BCUT2D eigenvalue weighted by atomic mass is 16.5. The summed E-state index contributed by atoms with van der Waals surface area (Å²) in [5, 5.41) is 11.8. The zero-order valence-corrected chi connectivity index (χ0v) is 21.7. The fraction of sp³-hybridized carbons (Fsp3) is 0.655. The summed E-state index contributed by atoms with van der Waals surface area (Å²) in [6, 6.07) is 1.95. The molecule has 0 aromatic carbocycles. The van der Waals surface area contributed by atoms with Crippen molar-refractivity contribution >= 4 is 22.7 Å². The van der Waals surface area contributed by atoms with E-state index in [4.69, 9.17) is 9.15 Å². The number of ketones is 2. The summed E-state index contributed by atoms with van der Waals surface area (Å²) in [6.07, 6.45) is 4.65. The summed E-state index contributed by atoms with van der Waals surface area (Å²) in [5.74, 6) is 0.433. The maximum Gasteiger partial charge on any atom is 0.232 e. The first-order chi connectivity index (χ1) is 16.0. The van der Waals surface area contributed by atoms with E-state index < -0.39 is 23.8 Å². The van der Waals surface area contributed by atoms with Crippen LogP contribution in [0.2, 0.25) is 0 Å². The van der Waals surface area contributed by atoms with Crippen molar-refractivity contribution in [3.8, 4) is 0 Å². The molecular formula is C29H40O5. The van der Waals surface area contributed by atoms with Gasteiger partial charge in [-0.2, -0.15) is 0 Å². The van der Waals surface area contributed by atoms with Gasteiger partial charge in [0.2, 0.25) is 11.6 Å². The van der Waals surface area contributed by atoms with Crippen molar-refractivity contribution < 1.29 is 23.8 Å². The van der Waals surface area contributed by atoms with Crippen LogP contribution in [0.15, 0.2) is 22.1 Å². The Morgan fingerprint density at radius 2 is 1.68 bits per heavy atom. The van der Waals surface area contributed by atoms with Crippen LogP contribution in [0.1, 0.15) is 85.8 Å². The maximum absolute atomic E-state index is 13.3. The van der Waals surface area contributed by atoms with Crippen molar-refractivity contribution in [2.75, 3.05) is 0 Å². The largest absolute Gasteiger partial charge is 0.460 e. The monoisotopic (exact) mass is 468 g/mol. The van der Waals surface area contributed by atoms with Gasteiger partial charge in [-0.25, -0.2) is 0 Å². The molecule has 1 saturated heterocycles. The van der Waals surface area contributed by atoms with E-state index in [2.05, 4.69) is 33.8 Å². The molecule has 0 amide bonds. The number of furan rings is 1. The summed E-state index contributed by atoms with van der Waals surface area (Å²) < 4.78 is 12.8. The molecule has 0 saturated carbocycles. The van der Waals surface area contributed by atoms with Gasteiger partial charge in [0.15, 0.2) is 0 Å². The first-order valence-corrected chi connectivity index (χ1v) is 12.9. The minimum Gasteiger partial charge on any atom is -0.460 e. The summed E-state index contributed by atoms with van der Waals surface area (Å²) >= 11 is 0. The molecule has 0 unspecified atom stereocenters. The van der Waals surface area contributed by atoms with Gasteiger partial charge < -0.3 is 14.3 Å². The highest BCUT2D eigenvalue weighted by molar-refractivity contribution is 6.63. The third-order valence-corrected chi connectivity index (χ3v) is 8.31. The third-order valence-electron chi connectivity index (χ3n) is 8.31. The predicted molar refractivity (Wildman–Crippen MR) is 132 cm³/mol. The van der Waals surface area contributed by atoms with E-state index in [0.29, 0.717) is 33.6 Å². The van der Waals surface area contributed by atoms with E-state index in [-0.39, 0.29) is 23.9 Å². The summed E-state index contributed by atoms with van der Waals surface area (Å²) in [5.41, 5.74) is 2.61. The van der Waals surface area contributed by atoms with E-state index in [1.807, 2.05) is 19.9 Å². The highest BCUT2D eigenvalue weighted by Crippen LogP contribution is 2.37. The number of allylic oxidation sites excluding steroid dienone is 2. The van der Waals surface area contributed by atoms with Crippen LogP contribution in [0.4, 0.5) is 0 Å². The first kappa shape index (κ1) is 25.1. The van der Waals surface area contributed by atoms with Gasteiger partial charge in [-0.15, -0.1) is 0 Å². The van der Waals surface area contributed by atoms with Crippen LogP contribution >= 0.6 is 0 Å². The van der Waals surface area contributed by atoms with E-state index in [0.717, 1.165) is 31.4 Å². The number of aliphatic hydroxyl groups is 1. The average Bonchev–Trinajstić information content (AvgIpc) is 3.21. The molecule has 0 radical (unpaired) electrons. The average molecular weight is 469 g/mol. The van der Waals surface area contributed by atoms with Gasteiger partial charge in [0.05, 0.1) is 18.3 Å². The molecule has 3 heterocycles. The van der Waals surface area contributed by atoms with Crippen LogP contribution in [0.5, 0.6) is 0 Å². The highest BCUT2D eigenvalue weighted by Gasteiger charge is 2.45. The van der Waals surface area contributed by atoms with Crippen molar-refractivity contribution in [1.29, 1.82) is 0 Å². The molecule has 3 aliphatic rings. The molecule has 1 aromatic heterocycles. The Bertz CT molecular complexity index is 1120. The normalized spacial score (nSPS) is 39.1. The lowest BCUT2D eigenvalue weighted by Crippen LogP contribution is -2.53. The van der Waals surface area contributed by atoms with E-state index in [1.165, 1.54) is 5.57 Å². The zero-order chi connectivity index (χ0) is 24.9. The number of carbonyl (C=O) groups is 2. The second-order valence-corrected chi connectivity index (χ2v) is 11.4. The standard InChI is InChI=1S/C29H40O5/c1-14-8-9-22-18(5)25(30)19(6)29(33-22)24-21-13-23(17(4)12-16(3)11-15(2)10-14)34-28(21)20(7)26(31)27(24)32/h10,13-14,16-19,22,25,29-30H,8-9,11-12H2,1-7H3/b15-10+/t14-,16+,17-,18-,19+,22+,25-,29+/m0/s1. The minimum absolute atomic E-state index is 0.0508. The van der Waals surface area contributed by atoms with Crippen LogP contribution in [-0.4, -0.2) is 35.0 Å². The Kier molecular flexibility index (Phi) is 7.08. The van der Waals surface area contributed by atoms with Crippen molar-refractivity contribution in [3.63, 3.8) is 0 Å². The second kappa shape index (κ2) is 9.58. The number of fused-ring (bicyclic) bond motifs is 4. The molecule has 2 aliphatic heterocycles. The van der Waals surface area contributed by atoms with Gasteiger partial charge in [0.25, 0.3) is 0 Å². The van der Waals surface area contributed by atoms with E-state index in [9.17, 15) is 14.7 Å². The van der Waals surface area contributed by atoms with Crippen molar-refractivity contribution in [3.05, 3.63) is 34.1 Å². The topological polar surface area (TPSA) is 76.7 Å². The molecule has 0 spiro atoms. The van der Waals surface area contributed by atoms with Gasteiger partial charge >= 0.3 is 0 Å². The molecule has 34 heavy (non-hydrogen) atoms. The lowest BCUT2D eigenvalue weighted by molar-refractivity contribution is -0.150. The second-order valence-electron chi connectivity index (χ2n) is 11.4. The van der Waals surface area contributed by atoms with Crippen LogP contribution < -0.4 is 10.6 Å². The zero-order valence-electron chi connectivity index (χ0n) is 21.7. The quantitative estimate of drug-likeness (QED) is 0.459. The number of Topliss-reactive ketones (excluding diaryl/α,β-unsaturated/α-hetero) is 2. The maximum atomic E-state index is 13.3. The molecule has 1 fully saturated rings. The van der Waals surface area contributed by atoms with Gasteiger partial charge in [-0.3, -0.25) is 9.59 Å². The van der Waals surface area contributed by atoms with E-state index >= 15 is 0 Å². The van der Waals surface area contributed by atoms with Crippen LogP contribution in [-0.2, 0) is 14.3 Å². The SMILES string of the molecule is CC1=c2oc3cc2=C(C(=O)C1=O)[C@@H]1O[C@H](CC[C@H](C)/C=C(\C)C[C@@H](C)C[C@@H]3C)[C@H](C)[C@H](O)[C@H]1C. The Hall–Kier alpha value is -1.98. The molecule has 1 N–H and O–H groups in total. The molecule has 5 nitrogen and oxygen atoms in total. The molecule has 186 valence electrons. The molecule has 1 aliphatic carbocycles.